The SMILES string of the molecule is CC(C)(C)c1ccc(Nc2cc(-c3ccccc3)ccc2-c2ccccc2)cc1. The van der Waals surface area contributed by atoms with Crippen molar-refractivity contribution in [3.63, 3.8) is 0 Å². The lowest BCUT2D eigenvalue weighted by molar-refractivity contribution is 0.590. The van der Waals surface area contributed by atoms with Crippen molar-refractivity contribution in [2.24, 2.45) is 0 Å². The topological polar surface area (TPSA) is 12.0 Å². The van der Waals surface area contributed by atoms with Crippen molar-refractivity contribution in [3.8, 4) is 22.3 Å². The van der Waals surface area contributed by atoms with E-state index in [1.807, 2.05) is 0 Å². The molecular weight excluding hydrogens is 350 g/mol. The van der Waals surface area contributed by atoms with E-state index in [0.29, 0.717) is 0 Å². The zero-order chi connectivity index (χ0) is 20.3. The third-order valence-electron chi connectivity index (χ3n) is 5.24. The fraction of sp³-hybridized carbons (Fsp3) is 0.143. The molecule has 0 saturated heterocycles. The minimum atomic E-state index is 0.154. The second-order valence-corrected chi connectivity index (χ2v) is 8.44. The first-order chi connectivity index (χ1) is 14.0. The molecule has 0 radical (unpaired) electrons. The number of rotatable bonds is 4. The highest BCUT2D eigenvalue weighted by Crippen LogP contribution is 2.35. The van der Waals surface area contributed by atoms with Gasteiger partial charge in [-0.25, -0.2) is 0 Å². The summed E-state index contributed by atoms with van der Waals surface area (Å²) in [6.07, 6.45) is 0. The average molecular weight is 378 g/mol. The summed E-state index contributed by atoms with van der Waals surface area (Å²) in [6, 6.07) is 36.5. The van der Waals surface area contributed by atoms with Crippen LogP contribution in [0.2, 0.25) is 0 Å². The van der Waals surface area contributed by atoms with E-state index in [1.54, 1.807) is 0 Å². The van der Waals surface area contributed by atoms with Crippen LogP contribution in [0.4, 0.5) is 11.4 Å². The molecule has 0 aliphatic rings. The molecule has 0 saturated carbocycles. The third kappa shape index (κ3) is 4.41. The molecule has 1 heteroatoms. The van der Waals surface area contributed by atoms with Crippen molar-refractivity contribution >= 4 is 11.4 Å². The highest BCUT2D eigenvalue weighted by Gasteiger charge is 2.13. The quantitative estimate of drug-likeness (QED) is 0.379. The van der Waals surface area contributed by atoms with Crippen LogP contribution in [-0.2, 0) is 5.41 Å². The number of nitrogens with one attached hydrogen (secondary N) is 1. The molecule has 1 nitrogen and oxygen atoms in total. The van der Waals surface area contributed by atoms with Crippen LogP contribution in [0.25, 0.3) is 22.3 Å². The molecule has 0 unspecified atom stereocenters. The highest BCUT2D eigenvalue weighted by molar-refractivity contribution is 5.85. The smallest absolute Gasteiger partial charge is 0.0470 e. The second-order valence-electron chi connectivity index (χ2n) is 8.44. The lowest BCUT2D eigenvalue weighted by Gasteiger charge is -2.20. The Hall–Kier alpha value is -3.32. The molecule has 4 aromatic rings. The molecule has 4 aromatic carbocycles. The predicted octanol–water partition coefficient (Wildman–Crippen LogP) is 8.06. The van der Waals surface area contributed by atoms with Gasteiger partial charge >= 0.3 is 0 Å². The van der Waals surface area contributed by atoms with E-state index in [0.717, 1.165) is 11.4 Å². The number of anilines is 2. The van der Waals surface area contributed by atoms with E-state index in [2.05, 4.69) is 129 Å². The van der Waals surface area contributed by atoms with Crippen LogP contribution in [0.1, 0.15) is 26.3 Å². The molecule has 0 bridgehead atoms. The van der Waals surface area contributed by atoms with Gasteiger partial charge < -0.3 is 5.32 Å². The van der Waals surface area contributed by atoms with Gasteiger partial charge in [-0.2, -0.15) is 0 Å². The lowest BCUT2D eigenvalue weighted by atomic mass is 9.87. The first kappa shape index (κ1) is 19.0. The van der Waals surface area contributed by atoms with Gasteiger partial charge in [0.1, 0.15) is 0 Å². The fourth-order valence-corrected chi connectivity index (χ4v) is 3.54. The van der Waals surface area contributed by atoms with Gasteiger partial charge in [0, 0.05) is 16.9 Å². The molecule has 0 aromatic heterocycles. The Balaban J connectivity index is 1.74. The maximum absolute atomic E-state index is 3.66. The number of benzene rings is 4. The summed E-state index contributed by atoms with van der Waals surface area (Å²) >= 11 is 0. The molecule has 0 amide bonds. The normalized spacial score (nSPS) is 11.3. The molecule has 0 aliphatic heterocycles. The number of hydrogen-bond acceptors (Lipinski definition) is 1. The molecule has 144 valence electrons. The summed E-state index contributed by atoms with van der Waals surface area (Å²) in [6.45, 7) is 6.73. The van der Waals surface area contributed by atoms with Gasteiger partial charge in [0.15, 0.2) is 0 Å². The van der Waals surface area contributed by atoms with Crippen LogP contribution in [0.15, 0.2) is 103 Å². The molecule has 4 rings (SSSR count). The summed E-state index contributed by atoms with van der Waals surface area (Å²) in [7, 11) is 0. The van der Waals surface area contributed by atoms with Crippen LogP contribution < -0.4 is 5.32 Å². The number of hydrogen-bond donors (Lipinski definition) is 1. The van der Waals surface area contributed by atoms with Crippen LogP contribution in [0.3, 0.4) is 0 Å². The van der Waals surface area contributed by atoms with Gasteiger partial charge in [-0.3, -0.25) is 0 Å². The van der Waals surface area contributed by atoms with Gasteiger partial charge in [-0.1, -0.05) is 106 Å². The molecular formula is C28H27N. The van der Waals surface area contributed by atoms with Crippen molar-refractivity contribution in [2.45, 2.75) is 26.2 Å². The monoisotopic (exact) mass is 377 g/mol. The third-order valence-corrected chi connectivity index (χ3v) is 5.24. The summed E-state index contributed by atoms with van der Waals surface area (Å²) in [4.78, 5) is 0. The first-order valence-electron chi connectivity index (χ1n) is 10.1. The van der Waals surface area contributed by atoms with Crippen LogP contribution in [0, 0.1) is 0 Å². The average Bonchev–Trinajstić information content (AvgIpc) is 2.75. The molecule has 0 fully saturated rings. The maximum atomic E-state index is 3.66. The molecule has 0 aliphatic carbocycles. The minimum absolute atomic E-state index is 0.154. The molecule has 1 N–H and O–H groups in total. The molecule has 0 heterocycles. The zero-order valence-corrected chi connectivity index (χ0v) is 17.3. The Morgan fingerprint density at radius 1 is 0.552 bits per heavy atom. The van der Waals surface area contributed by atoms with Crippen molar-refractivity contribution < 1.29 is 0 Å². The van der Waals surface area contributed by atoms with Crippen molar-refractivity contribution in [3.05, 3.63) is 109 Å². The standard InChI is InChI=1S/C28H27N/c1-28(2,3)24-15-17-25(18-16-24)29-27-20-23(21-10-6-4-7-11-21)14-19-26(27)22-12-8-5-9-13-22/h4-20,29H,1-3H3. The van der Waals surface area contributed by atoms with Gasteiger partial charge in [-0.05, 0) is 45.9 Å². The minimum Gasteiger partial charge on any atom is -0.355 e. The van der Waals surface area contributed by atoms with E-state index in [9.17, 15) is 0 Å². The largest absolute Gasteiger partial charge is 0.355 e. The molecule has 29 heavy (non-hydrogen) atoms. The summed E-state index contributed by atoms with van der Waals surface area (Å²) in [5, 5.41) is 3.66. The highest BCUT2D eigenvalue weighted by atomic mass is 14.9. The first-order valence-corrected chi connectivity index (χ1v) is 10.1. The van der Waals surface area contributed by atoms with Crippen molar-refractivity contribution in [1.29, 1.82) is 0 Å². The second kappa shape index (κ2) is 7.97. The van der Waals surface area contributed by atoms with E-state index < -0.39 is 0 Å². The Kier molecular flexibility index (Phi) is 5.22. The van der Waals surface area contributed by atoms with E-state index in [1.165, 1.54) is 27.8 Å². The van der Waals surface area contributed by atoms with E-state index in [4.69, 9.17) is 0 Å². The summed E-state index contributed by atoms with van der Waals surface area (Å²) < 4.78 is 0. The predicted molar refractivity (Wildman–Crippen MR) is 126 cm³/mol. The van der Waals surface area contributed by atoms with E-state index in [-0.39, 0.29) is 5.41 Å². The van der Waals surface area contributed by atoms with Crippen molar-refractivity contribution in [2.75, 3.05) is 5.32 Å². The van der Waals surface area contributed by atoms with Gasteiger partial charge in [0.05, 0.1) is 0 Å². The van der Waals surface area contributed by atoms with E-state index >= 15 is 0 Å². The van der Waals surface area contributed by atoms with Gasteiger partial charge in [-0.15, -0.1) is 0 Å². The Morgan fingerprint density at radius 3 is 1.72 bits per heavy atom. The molecule has 0 atom stereocenters. The maximum Gasteiger partial charge on any atom is 0.0470 e. The molecule has 0 spiro atoms. The fourth-order valence-electron chi connectivity index (χ4n) is 3.54. The summed E-state index contributed by atoms with van der Waals surface area (Å²) in [5.41, 5.74) is 8.54. The Bertz CT molecular complexity index is 1070. The Morgan fingerprint density at radius 2 is 1.14 bits per heavy atom. The van der Waals surface area contributed by atoms with Gasteiger partial charge in [0.25, 0.3) is 0 Å². The van der Waals surface area contributed by atoms with Crippen LogP contribution in [-0.4, -0.2) is 0 Å². The van der Waals surface area contributed by atoms with Crippen LogP contribution in [0.5, 0.6) is 0 Å². The summed E-state index contributed by atoms with van der Waals surface area (Å²) in [5.74, 6) is 0. The lowest BCUT2D eigenvalue weighted by Crippen LogP contribution is -2.10. The Labute approximate surface area is 174 Å². The zero-order valence-electron chi connectivity index (χ0n) is 17.3. The van der Waals surface area contributed by atoms with Gasteiger partial charge in [0.2, 0.25) is 0 Å². The van der Waals surface area contributed by atoms with Crippen LogP contribution >= 0.6 is 0 Å². The van der Waals surface area contributed by atoms with Crippen molar-refractivity contribution in [1.82, 2.24) is 0 Å².